The minimum atomic E-state index is -0.162. The summed E-state index contributed by atoms with van der Waals surface area (Å²) >= 11 is 0. The molecule has 0 aromatic heterocycles. The molecule has 1 fully saturated rings. The van der Waals surface area contributed by atoms with E-state index in [4.69, 9.17) is 10.5 Å². The predicted octanol–water partition coefficient (Wildman–Crippen LogP) is 5.51. The largest absolute Gasteiger partial charge is 0.469 e. The quantitative estimate of drug-likeness (QED) is 0.457. The molecule has 1 saturated carbocycles. The van der Waals surface area contributed by atoms with E-state index in [-0.39, 0.29) is 11.9 Å². The first kappa shape index (κ1) is 21.6. The molecule has 2 rings (SSSR count). The average Bonchev–Trinajstić information content (AvgIpc) is 2.67. The Kier molecular flexibility index (Phi) is 8.46. The number of nitrogens with two attached hydrogens (primary N) is 1. The number of carbonyl (C=O) groups is 1. The maximum absolute atomic E-state index is 11.7. The van der Waals surface area contributed by atoms with Crippen LogP contribution in [-0.2, 0) is 9.53 Å². The van der Waals surface area contributed by atoms with Gasteiger partial charge in [-0.05, 0) is 55.2 Å². The summed E-state index contributed by atoms with van der Waals surface area (Å²) in [4.78, 5) is 14.3. The van der Waals surface area contributed by atoms with E-state index >= 15 is 0 Å². The number of benzene rings is 1. The van der Waals surface area contributed by atoms with Crippen LogP contribution in [0.25, 0.3) is 0 Å². The first-order chi connectivity index (χ1) is 13.0. The van der Waals surface area contributed by atoms with Gasteiger partial charge in [-0.15, -0.1) is 0 Å². The molecule has 0 heterocycles. The van der Waals surface area contributed by atoms with Gasteiger partial charge in [0.25, 0.3) is 0 Å². The zero-order valence-corrected chi connectivity index (χ0v) is 17.7. The summed E-state index contributed by atoms with van der Waals surface area (Å²) in [5.74, 6) is 0.680. The summed E-state index contributed by atoms with van der Waals surface area (Å²) < 4.78 is 4.85. The number of anilines is 2. The fourth-order valence-corrected chi connectivity index (χ4v) is 4.16. The standard InChI is InChI=1S/C23H38N2O2/c1-5-18(16-23(26)27-4)19-11-12-22(21(24)15-19)25(14-13-17(2)3)20-9-7-6-8-10-20/h11-12,15,17-18,20H,5-10,13-14,16,24H2,1-4H3. The van der Waals surface area contributed by atoms with Crippen molar-refractivity contribution in [1.29, 1.82) is 0 Å². The molecule has 1 aliphatic carbocycles. The van der Waals surface area contributed by atoms with Crippen LogP contribution in [0.3, 0.4) is 0 Å². The van der Waals surface area contributed by atoms with Crippen LogP contribution in [-0.4, -0.2) is 25.7 Å². The molecule has 1 aliphatic rings. The highest BCUT2D eigenvalue weighted by Crippen LogP contribution is 2.35. The number of carbonyl (C=O) groups excluding carboxylic acids is 1. The summed E-state index contributed by atoms with van der Waals surface area (Å²) in [6, 6.07) is 7.02. The normalized spacial score (nSPS) is 16.3. The molecule has 0 amide bonds. The first-order valence-electron chi connectivity index (χ1n) is 10.7. The van der Waals surface area contributed by atoms with E-state index in [1.54, 1.807) is 0 Å². The minimum absolute atomic E-state index is 0.160. The van der Waals surface area contributed by atoms with E-state index in [1.807, 2.05) is 0 Å². The topological polar surface area (TPSA) is 55.6 Å². The predicted molar refractivity (Wildman–Crippen MR) is 114 cm³/mol. The van der Waals surface area contributed by atoms with Gasteiger partial charge in [0.1, 0.15) is 0 Å². The van der Waals surface area contributed by atoms with Crippen LogP contribution in [0, 0.1) is 5.92 Å². The molecule has 2 N–H and O–H groups in total. The Morgan fingerprint density at radius 2 is 1.96 bits per heavy atom. The van der Waals surface area contributed by atoms with Crippen molar-refractivity contribution in [2.75, 3.05) is 24.3 Å². The van der Waals surface area contributed by atoms with Gasteiger partial charge in [-0.2, -0.15) is 0 Å². The Hall–Kier alpha value is -1.71. The third kappa shape index (κ3) is 6.15. The second kappa shape index (κ2) is 10.6. The smallest absolute Gasteiger partial charge is 0.306 e. The third-order valence-electron chi connectivity index (χ3n) is 5.93. The van der Waals surface area contributed by atoms with Gasteiger partial charge in [-0.3, -0.25) is 4.79 Å². The molecule has 1 aromatic rings. The highest BCUT2D eigenvalue weighted by atomic mass is 16.5. The van der Waals surface area contributed by atoms with Crippen LogP contribution in [0.5, 0.6) is 0 Å². The third-order valence-corrected chi connectivity index (χ3v) is 5.93. The van der Waals surface area contributed by atoms with Crippen molar-refractivity contribution in [3.63, 3.8) is 0 Å². The molecule has 1 unspecified atom stereocenters. The van der Waals surface area contributed by atoms with Crippen molar-refractivity contribution in [1.82, 2.24) is 0 Å². The Morgan fingerprint density at radius 1 is 1.26 bits per heavy atom. The van der Waals surface area contributed by atoms with Crippen molar-refractivity contribution >= 4 is 17.3 Å². The molecule has 1 atom stereocenters. The summed E-state index contributed by atoms with van der Waals surface area (Å²) in [7, 11) is 1.45. The van der Waals surface area contributed by atoms with Crippen molar-refractivity contribution in [3.8, 4) is 0 Å². The average molecular weight is 375 g/mol. The Labute approximate surface area is 165 Å². The van der Waals surface area contributed by atoms with Crippen LogP contribution in [0.15, 0.2) is 18.2 Å². The van der Waals surface area contributed by atoms with Gasteiger partial charge in [0.2, 0.25) is 0 Å². The first-order valence-corrected chi connectivity index (χ1v) is 10.7. The molecule has 0 spiro atoms. The van der Waals surface area contributed by atoms with E-state index in [0.29, 0.717) is 18.4 Å². The maximum Gasteiger partial charge on any atom is 0.306 e. The molecule has 27 heavy (non-hydrogen) atoms. The Morgan fingerprint density at radius 3 is 2.52 bits per heavy atom. The lowest BCUT2D eigenvalue weighted by molar-refractivity contribution is -0.141. The maximum atomic E-state index is 11.7. The fourth-order valence-electron chi connectivity index (χ4n) is 4.16. The fraction of sp³-hybridized carbons (Fsp3) is 0.696. The SMILES string of the molecule is CCC(CC(=O)OC)c1ccc(N(CCC(C)C)C2CCCCC2)c(N)c1. The molecule has 152 valence electrons. The van der Waals surface area contributed by atoms with Gasteiger partial charge in [-0.1, -0.05) is 46.1 Å². The van der Waals surface area contributed by atoms with Crippen molar-refractivity contribution in [2.45, 2.75) is 84.1 Å². The Bertz CT molecular complexity index is 594. The molecular weight excluding hydrogens is 336 g/mol. The highest BCUT2D eigenvalue weighted by molar-refractivity contribution is 5.72. The number of ether oxygens (including phenoxy) is 1. The second-order valence-corrected chi connectivity index (χ2v) is 8.37. The zero-order valence-electron chi connectivity index (χ0n) is 17.7. The van der Waals surface area contributed by atoms with Gasteiger partial charge in [0.15, 0.2) is 0 Å². The van der Waals surface area contributed by atoms with Crippen LogP contribution in [0.4, 0.5) is 11.4 Å². The van der Waals surface area contributed by atoms with Gasteiger partial charge < -0.3 is 15.4 Å². The second-order valence-electron chi connectivity index (χ2n) is 8.37. The van der Waals surface area contributed by atoms with E-state index in [2.05, 4.69) is 43.9 Å². The Balaban J connectivity index is 2.23. The molecule has 0 aliphatic heterocycles. The number of nitrogen functional groups attached to an aromatic ring is 1. The number of rotatable bonds is 9. The van der Waals surface area contributed by atoms with E-state index in [0.717, 1.165) is 24.2 Å². The molecule has 4 heteroatoms. The lowest BCUT2D eigenvalue weighted by Gasteiger charge is -2.37. The van der Waals surface area contributed by atoms with Crippen molar-refractivity contribution in [2.24, 2.45) is 5.92 Å². The number of hydrogen-bond donors (Lipinski definition) is 1. The molecule has 0 radical (unpaired) electrons. The van der Waals surface area contributed by atoms with Gasteiger partial charge in [0.05, 0.1) is 24.9 Å². The van der Waals surface area contributed by atoms with E-state index < -0.39 is 0 Å². The van der Waals surface area contributed by atoms with Crippen molar-refractivity contribution in [3.05, 3.63) is 23.8 Å². The molecule has 0 saturated heterocycles. The number of methoxy groups -OCH3 is 1. The van der Waals surface area contributed by atoms with Crippen LogP contribution < -0.4 is 10.6 Å². The monoisotopic (exact) mass is 374 g/mol. The summed E-state index contributed by atoms with van der Waals surface area (Å²) in [5.41, 5.74) is 9.67. The van der Waals surface area contributed by atoms with Crippen LogP contribution in [0.1, 0.15) is 83.6 Å². The highest BCUT2D eigenvalue weighted by Gasteiger charge is 2.24. The van der Waals surface area contributed by atoms with Crippen LogP contribution >= 0.6 is 0 Å². The zero-order chi connectivity index (χ0) is 19.8. The van der Waals surface area contributed by atoms with E-state index in [9.17, 15) is 4.79 Å². The molecule has 1 aromatic carbocycles. The summed E-state index contributed by atoms with van der Waals surface area (Å²) in [6.45, 7) is 7.73. The summed E-state index contributed by atoms with van der Waals surface area (Å²) in [5, 5.41) is 0. The summed E-state index contributed by atoms with van der Waals surface area (Å²) in [6.07, 6.45) is 9.00. The van der Waals surface area contributed by atoms with Gasteiger partial charge in [-0.25, -0.2) is 0 Å². The molecular formula is C23H38N2O2. The van der Waals surface area contributed by atoms with Gasteiger partial charge in [0, 0.05) is 12.6 Å². The van der Waals surface area contributed by atoms with E-state index in [1.165, 1.54) is 51.3 Å². The van der Waals surface area contributed by atoms with Crippen molar-refractivity contribution < 1.29 is 9.53 Å². The lowest BCUT2D eigenvalue weighted by atomic mass is 9.91. The number of esters is 1. The number of nitrogens with zero attached hydrogens (tertiary/aromatic N) is 1. The molecule has 4 nitrogen and oxygen atoms in total. The van der Waals surface area contributed by atoms with Crippen LogP contribution in [0.2, 0.25) is 0 Å². The minimum Gasteiger partial charge on any atom is -0.469 e. The lowest BCUT2D eigenvalue weighted by Crippen LogP contribution is -2.38. The molecule has 0 bridgehead atoms. The number of hydrogen-bond acceptors (Lipinski definition) is 4. The van der Waals surface area contributed by atoms with Gasteiger partial charge >= 0.3 is 5.97 Å².